The summed E-state index contributed by atoms with van der Waals surface area (Å²) in [6.07, 6.45) is 4.22. The highest BCUT2D eigenvalue weighted by atomic mass is 16.3. The minimum Gasteiger partial charge on any atom is -0.505 e. The fourth-order valence-corrected chi connectivity index (χ4v) is 1.46. The first-order valence-electron chi connectivity index (χ1n) is 5.15. The van der Waals surface area contributed by atoms with Crippen molar-refractivity contribution in [1.29, 1.82) is 0 Å². The molecule has 17 heavy (non-hydrogen) atoms. The van der Waals surface area contributed by atoms with E-state index in [2.05, 4.69) is 10.3 Å². The highest BCUT2D eigenvalue weighted by molar-refractivity contribution is 5.96. The van der Waals surface area contributed by atoms with Crippen molar-refractivity contribution in [2.75, 3.05) is 0 Å². The van der Waals surface area contributed by atoms with Gasteiger partial charge in [-0.15, -0.1) is 0 Å². The van der Waals surface area contributed by atoms with Crippen LogP contribution in [0.25, 0.3) is 0 Å². The lowest BCUT2D eigenvalue weighted by atomic mass is 10.2. The average Bonchev–Trinajstić information content (AvgIpc) is 2.82. The summed E-state index contributed by atoms with van der Waals surface area (Å²) in [5, 5.41) is 12.2. The van der Waals surface area contributed by atoms with Gasteiger partial charge in [0.2, 0.25) is 0 Å². The molecular weight excluding hydrogens is 220 g/mol. The number of hydrogen-bond acceptors (Lipinski definition) is 4. The Morgan fingerprint density at radius 1 is 1.53 bits per heavy atom. The van der Waals surface area contributed by atoms with Gasteiger partial charge >= 0.3 is 0 Å². The van der Waals surface area contributed by atoms with Crippen LogP contribution in [0.1, 0.15) is 29.1 Å². The van der Waals surface area contributed by atoms with Crippen molar-refractivity contribution in [2.45, 2.75) is 13.0 Å². The molecule has 2 heterocycles. The Hall–Kier alpha value is -2.30. The zero-order chi connectivity index (χ0) is 12.3. The molecule has 0 aliphatic heterocycles. The molecule has 2 N–H and O–H groups in total. The fourth-order valence-electron chi connectivity index (χ4n) is 1.46. The number of carbonyl (C=O) groups is 1. The van der Waals surface area contributed by atoms with E-state index < -0.39 is 0 Å². The van der Waals surface area contributed by atoms with Crippen LogP contribution in [0.3, 0.4) is 0 Å². The summed E-state index contributed by atoms with van der Waals surface area (Å²) < 4.78 is 5.17. The largest absolute Gasteiger partial charge is 0.505 e. The third-order valence-electron chi connectivity index (χ3n) is 2.36. The van der Waals surface area contributed by atoms with E-state index in [0.29, 0.717) is 5.76 Å². The summed E-state index contributed by atoms with van der Waals surface area (Å²) in [5.74, 6) is 0.150. The summed E-state index contributed by atoms with van der Waals surface area (Å²) in [7, 11) is 0. The second kappa shape index (κ2) is 4.69. The maximum atomic E-state index is 11.8. The molecule has 1 atom stereocenters. The highest BCUT2D eigenvalue weighted by Crippen LogP contribution is 2.17. The van der Waals surface area contributed by atoms with Crippen LogP contribution < -0.4 is 5.32 Å². The summed E-state index contributed by atoms with van der Waals surface area (Å²) in [6.45, 7) is 1.80. The van der Waals surface area contributed by atoms with E-state index in [0.717, 1.165) is 0 Å². The minimum atomic E-state index is -0.367. The van der Waals surface area contributed by atoms with Gasteiger partial charge in [-0.05, 0) is 25.1 Å². The molecule has 88 valence electrons. The van der Waals surface area contributed by atoms with E-state index in [1.165, 1.54) is 18.5 Å². The molecule has 1 unspecified atom stereocenters. The van der Waals surface area contributed by atoms with Crippen LogP contribution in [0.5, 0.6) is 5.75 Å². The molecule has 5 nitrogen and oxygen atoms in total. The molecule has 0 spiro atoms. The summed E-state index contributed by atoms with van der Waals surface area (Å²) in [6, 6.07) is 4.73. The number of aromatic hydroxyl groups is 1. The number of rotatable bonds is 3. The van der Waals surface area contributed by atoms with Crippen molar-refractivity contribution >= 4 is 5.91 Å². The standard InChI is InChI=1S/C12H12N2O3/c1-8(11-3-2-6-17-11)14-12(16)9-4-5-13-7-10(9)15/h2-8,15H,1H3,(H,14,16). The summed E-state index contributed by atoms with van der Waals surface area (Å²) >= 11 is 0. The van der Waals surface area contributed by atoms with Crippen LogP contribution in [0.15, 0.2) is 41.3 Å². The maximum Gasteiger partial charge on any atom is 0.255 e. The summed E-state index contributed by atoms with van der Waals surface area (Å²) in [5.41, 5.74) is 0.193. The number of pyridine rings is 1. The lowest BCUT2D eigenvalue weighted by Gasteiger charge is -2.11. The van der Waals surface area contributed by atoms with Gasteiger partial charge in [0.1, 0.15) is 11.5 Å². The highest BCUT2D eigenvalue weighted by Gasteiger charge is 2.15. The van der Waals surface area contributed by atoms with Gasteiger partial charge in [0.05, 0.1) is 24.1 Å². The van der Waals surface area contributed by atoms with Gasteiger partial charge < -0.3 is 14.8 Å². The Labute approximate surface area is 98.1 Å². The Kier molecular flexibility index (Phi) is 3.09. The van der Waals surface area contributed by atoms with Crippen LogP contribution >= 0.6 is 0 Å². The predicted octanol–water partition coefficient (Wildman–Crippen LogP) is 1.87. The van der Waals surface area contributed by atoms with Crippen molar-refractivity contribution in [3.63, 3.8) is 0 Å². The first-order chi connectivity index (χ1) is 8.18. The van der Waals surface area contributed by atoms with E-state index in [9.17, 15) is 9.90 Å². The number of amides is 1. The number of nitrogens with one attached hydrogen (secondary N) is 1. The van der Waals surface area contributed by atoms with Gasteiger partial charge in [-0.2, -0.15) is 0 Å². The lowest BCUT2D eigenvalue weighted by molar-refractivity contribution is 0.0932. The average molecular weight is 232 g/mol. The zero-order valence-electron chi connectivity index (χ0n) is 9.25. The second-order valence-electron chi connectivity index (χ2n) is 3.60. The molecule has 1 amide bonds. The van der Waals surface area contributed by atoms with E-state index in [1.54, 1.807) is 25.3 Å². The first-order valence-corrected chi connectivity index (χ1v) is 5.15. The molecule has 0 aliphatic rings. The molecule has 2 aromatic heterocycles. The van der Waals surface area contributed by atoms with Crippen molar-refractivity contribution < 1.29 is 14.3 Å². The molecule has 0 saturated carbocycles. The van der Waals surface area contributed by atoms with Crippen molar-refractivity contribution in [3.05, 3.63) is 48.2 Å². The SMILES string of the molecule is CC(NC(=O)c1ccncc1O)c1ccco1. The van der Waals surface area contributed by atoms with Crippen molar-refractivity contribution in [2.24, 2.45) is 0 Å². The van der Waals surface area contributed by atoms with Gasteiger partial charge in [0, 0.05) is 6.20 Å². The molecule has 0 fully saturated rings. The van der Waals surface area contributed by atoms with Gasteiger partial charge in [-0.25, -0.2) is 0 Å². The van der Waals surface area contributed by atoms with Crippen LogP contribution in [-0.4, -0.2) is 16.0 Å². The molecule has 0 aliphatic carbocycles. The van der Waals surface area contributed by atoms with Crippen LogP contribution in [0.4, 0.5) is 0 Å². The monoisotopic (exact) mass is 232 g/mol. The Balaban J connectivity index is 2.10. The van der Waals surface area contributed by atoms with E-state index in [-0.39, 0.29) is 23.3 Å². The molecule has 0 saturated heterocycles. The van der Waals surface area contributed by atoms with Crippen molar-refractivity contribution in [3.8, 4) is 5.75 Å². The van der Waals surface area contributed by atoms with E-state index in [1.807, 2.05) is 0 Å². The van der Waals surface area contributed by atoms with Gasteiger partial charge in [0.25, 0.3) is 5.91 Å². The van der Waals surface area contributed by atoms with E-state index >= 15 is 0 Å². The van der Waals surface area contributed by atoms with Gasteiger partial charge in [-0.1, -0.05) is 0 Å². The van der Waals surface area contributed by atoms with Crippen molar-refractivity contribution in [1.82, 2.24) is 10.3 Å². The number of aromatic nitrogens is 1. The summed E-state index contributed by atoms with van der Waals surface area (Å²) in [4.78, 5) is 15.5. The minimum absolute atomic E-state index is 0.142. The van der Waals surface area contributed by atoms with E-state index in [4.69, 9.17) is 4.42 Å². The second-order valence-corrected chi connectivity index (χ2v) is 3.60. The number of carbonyl (C=O) groups excluding carboxylic acids is 1. The number of hydrogen-bond donors (Lipinski definition) is 2. The number of nitrogens with zero attached hydrogens (tertiary/aromatic N) is 1. The predicted molar refractivity (Wildman–Crippen MR) is 60.5 cm³/mol. The Bertz CT molecular complexity index is 508. The normalized spacial score (nSPS) is 12.1. The molecule has 0 aromatic carbocycles. The lowest BCUT2D eigenvalue weighted by Crippen LogP contribution is -2.26. The fraction of sp³-hybridized carbons (Fsp3) is 0.167. The third-order valence-corrected chi connectivity index (χ3v) is 2.36. The zero-order valence-corrected chi connectivity index (χ0v) is 9.25. The molecular formula is C12H12N2O3. The molecule has 0 bridgehead atoms. The molecule has 5 heteroatoms. The Morgan fingerprint density at radius 3 is 3.00 bits per heavy atom. The topological polar surface area (TPSA) is 75.4 Å². The molecule has 2 rings (SSSR count). The Morgan fingerprint density at radius 2 is 2.35 bits per heavy atom. The quantitative estimate of drug-likeness (QED) is 0.847. The van der Waals surface area contributed by atoms with Crippen LogP contribution in [0.2, 0.25) is 0 Å². The van der Waals surface area contributed by atoms with Gasteiger partial charge in [-0.3, -0.25) is 9.78 Å². The maximum absolute atomic E-state index is 11.8. The molecule has 0 radical (unpaired) electrons. The van der Waals surface area contributed by atoms with Gasteiger partial charge in [0.15, 0.2) is 0 Å². The van der Waals surface area contributed by atoms with Crippen LogP contribution in [-0.2, 0) is 0 Å². The first kappa shape index (κ1) is 11.2. The third kappa shape index (κ3) is 2.44. The number of furan rings is 1. The van der Waals surface area contributed by atoms with Crippen LogP contribution in [0, 0.1) is 0 Å². The molecule has 2 aromatic rings. The smallest absolute Gasteiger partial charge is 0.255 e.